The maximum atomic E-state index is 12.9. The number of aromatic nitrogens is 2. The van der Waals surface area contributed by atoms with Crippen molar-refractivity contribution in [3.63, 3.8) is 0 Å². The van der Waals surface area contributed by atoms with Gasteiger partial charge in [0, 0.05) is 12.7 Å². The van der Waals surface area contributed by atoms with E-state index in [4.69, 9.17) is 4.74 Å². The number of anilines is 1. The maximum Gasteiger partial charge on any atom is 0.340 e. The molecule has 0 bridgehead atoms. The smallest absolute Gasteiger partial charge is 0.340 e. The largest absolute Gasteiger partial charge is 0.462 e. The van der Waals surface area contributed by atoms with E-state index in [0.717, 1.165) is 6.42 Å². The summed E-state index contributed by atoms with van der Waals surface area (Å²) in [6, 6.07) is 11.8. The molecule has 3 aromatic rings. The quantitative estimate of drug-likeness (QED) is 0.600. The van der Waals surface area contributed by atoms with E-state index in [0.29, 0.717) is 17.7 Å². The third kappa shape index (κ3) is 4.26. The van der Waals surface area contributed by atoms with Gasteiger partial charge in [-0.15, -0.1) is 0 Å². The normalized spacial score (nSPS) is 10.6. The second-order valence-corrected chi connectivity index (χ2v) is 6.22. The minimum absolute atomic E-state index is 0.0425. The second kappa shape index (κ2) is 9.01. The number of hydrogen-bond acceptors (Lipinski definition) is 5. The molecule has 0 saturated heterocycles. The predicted molar refractivity (Wildman–Crippen MR) is 108 cm³/mol. The van der Waals surface area contributed by atoms with Crippen LogP contribution in [0, 0.1) is 0 Å². The fraction of sp³-hybridized carbons (Fsp3) is 0.238. The average Bonchev–Trinajstić information content (AvgIpc) is 3.12. The third-order valence-electron chi connectivity index (χ3n) is 4.17. The first kappa shape index (κ1) is 20.1. The van der Waals surface area contributed by atoms with Crippen molar-refractivity contribution in [3.05, 3.63) is 65.7 Å². The van der Waals surface area contributed by atoms with Crippen molar-refractivity contribution in [2.75, 3.05) is 18.5 Å². The Morgan fingerprint density at radius 2 is 1.79 bits per heavy atom. The highest BCUT2D eigenvalue weighted by Crippen LogP contribution is 2.19. The van der Waals surface area contributed by atoms with Gasteiger partial charge in [-0.2, -0.15) is 0 Å². The standard InChI is InChI=1S/C21H22N4O4/c1-3-12-22-19(26)17-16-11-7-8-13-25(16)18(24-17)20(27)23-15-10-6-5-9-14(15)21(28)29-4-2/h5-11,13H,3-4,12H2,1-2H3,(H,22,26)(H,23,27). The first-order valence-electron chi connectivity index (χ1n) is 9.39. The van der Waals surface area contributed by atoms with Gasteiger partial charge in [0.2, 0.25) is 5.82 Å². The van der Waals surface area contributed by atoms with Gasteiger partial charge in [0.15, 0.2) is 5.69 Å². The summed E-state index contributed by atoms with van der Waals surface area (Å²) in [5, 5.41) is 5.47. The number of nitrogens with one attached hydrogen (secondary N) is 2. The molecule has 0 saturated carbocycles. The van der Waals surface area contributed by atoms with Crippen LogP contribution in [0.2, 0.25) is 0 Å². The number of ether oxygens (including phenoxy) is 1. The van der Waals surface area contributed by atoms with Crippen LogP contribution >= 0.6 is 0 Å². The molecule has 8 nitrogen and oxygen atoms in total. The molecule has 3 rings (SSSR count). The minimum Gasteiger partial charge on any atom is -0.462 e. The third-order valence-corrected chi connectivity index (χ3v) is 4.17. The molecule has 0 unspecified atom stereocenters. The lowest BCUT2D eigenvalue weighted by molar-refractivity contribution is 0.0527. The molecule has 0 aliphatic rings. The van der Waals surface area contributed by atoms with Crippen LogP contribution in [0.3, 0.4) is 0 Å². The summed E-state index contributed by atoms with van der Waals surface area (Å²) in [6.07, 6.45) is 2.45. The lowest BCUT2D eigenvalue weighted by Crippen LogP contribution is -2.24. The Morgan fingerprint density at radius 3 is 2.55 bits per heavy atom. The van der Waals surface area contributed by atoms with E-state index in [1.54, 1.807) is 60.0 Å². The lowest BCUT2D eigenvalue weighted by Gasteiger charge is -2.09. The summed E-state index contributed by atoms with van der Waals surface area (Å²) in [6.45, 7) is 4.40. The summed E-state index contributed by atoms with van der Waals surface area (Å²) in [4.78, 5) is 41.8. The fourth-order valence-electron chi connectivity index (χ4n) is 2.84. The maximum absolute atomic E-state index is 12.9. The van der Waals surface area contributed by atoms with Crippen LogP contribution in [0.15, 0.2) is 48.7 Å². The zero-order valence-electron chi connectivity index (χ0n) is 16.3. The Hall–Kier alpha value is -3.68. The summed E-state index contributed by atoms with van der Waals surface area (Å²) >= 11 is 0. The van der Waals surface area contributed by atoms with E-state index in [-0.39, 0.29) is 29.6 Å². The number of hydrogen-bond donors (Lipinski definition) is 2. The first-order chi connectivity index (χ1) is 14.1. The monoisotopic (exact) mass is 394 g/mol. The zero-order chi connectivity index (χ0) is 20.8. The molecule has 29 heavy (non-hydrogen) atoms. The number of carbonyl (C=O) groups is 3. The van der Waals surface area contributed by atoms with E-state index in [1.165, 1.54) is 0 Å². The summed E-state index contributed by atoms with van der Waals surface area (Å²) in [5.74, 6) is -1.38. The summed E-state index contributed by atoms with van der Waals surface area (Å²) < 4.78 is 6.58. The van der Waals surface area contributed by atoms with Crippen LogP contribution in [0.1, 0.15) is 51.7 Å². The number of imidazole rings is 1. The summed E-state index contributed by atoms with van der Waals surface area (Å²) in [7, 11) is 0. The SMILES string of the molecule is CCCNC(=O)c1nc(C(=O)Nc2ccccc2C(=O)OCC)n2ccccc12. The Labute approximate surface area is 167 Å². The Bertz CT molecular complexity index is 1060. The van der Waals surface area contributed by atoms with Crippen molar-refractivity contribution in [1.82, 2.24) is 14.7 Å². The molecule has 2 amide bonds. The molecule has 0 spiro atoms. The highest BCUT2D eigenvalue weighted by molar-refractivity contribution is 6.08. The molecule has 1 aromatic carbocycles. The fourth-order valence-corrected chi connectivity index (χ4v) is 2.84. The predicted octanol–water partition coefficient (Wildman–Crippen LogP) is 2.90. The number of nitrogens with zero attached hydrogens (tertiary/aromatic N) is 2. The number of benzene rings is 1. The van der Waals surface area contributed by atoms with Gasteiger partial charge in [0.1, 0.15) is 0 Å². The van der Waals surface area contributed by atoms with Crippen molar-refractivity contribution in [1.29, 1.82) is 0 Å². The van der Waals surface area contributed by atoms with Crippen molar-refractivity contribution in [2.45, 2.75) is 20.3 Å². The summed E-state index contributed by atoms with van der Waals surface area (Å²) in [5.41, 5.74) is 1.23. The average molecular weight is 394 g/mol. The molecule has 2 N–H and O–H groups in total. The Balaban J connectivity index is 1.95. The molecular weight excluding hydrogens is 372 g/mol. The van der Waals surface area contributed by atoms with Crippen molar-refractivity contribution in [2.24, 2.45) is 0 Å². The van der Waals surface area contributed by atoms with E-state index in [1.807, 2.05) is 6.92 Å². The van der Waals surface area contributed by atoms with Crippen LogP contribution in [-0.4, -0.2) is 40.3 Å². The Morgan fingerprint density at radius 1 is 1.03 bits per heavy atom. The van der Waals surface area contributed by atoms with Crippen LogP contribution < -0.4 is 10.6 Å². The van der Waals surface area contributed by atoms with E-state index >= 15 is 0 Å². The minimum atomic E-state index is -0.544. The second-order valence-electron chi connectivity index (χ2n) is 6.22. The van der Waals surface area contributed by atoms with E-state index in [2.05, 4.69) is 15.6 Å². The van der Waals surface area contributed by atoms with E-state index in [9.17, 15) is 14.4 Å². The van der Waals surface area contributed by atoms with Gasteiger partial charge in [-0.25, -0.2) is 9.78 Å². The lowest BCUT2D eigenvalue weighted by atomic mass is 10.2. The molecule has 0 aliphatic carbocycles. The molecule has 2 heterocycles. The van der Waals surface area contributed by atoms with Crippen molar-refractivity contribution in [3.8, 4) is 0 Å². The first-order valence-corrected chi connectivity index (χ1v) is 9.39. The molecule has 8 heteroatoms. The highest BCUT2D eigenvalue weighted by Gasteiger charge is 2.22. The highest BCUT2D eigenvalue weighted by atomic mass is 16.5. The van der Waals surface area contributed by atoms with Gasteiger partial charge in [0.25, 0.3) is 11.8 Å². The molecule has 0 fully saturated rings. The number of fused-ring (bicyclic) bond motifs is 1. The van der Waals surface area contributed by atoms with Gasteiger partial charge in [-0.3, -0.25) is 14.0 Å². The van der Waals surface area contributed by atoms with Gasteiger partial charge < -0.3 is 15.4 Å². The Kier molecular flexibility index (Phi) is 6.23. The molecule has 2 aromatic heterocycles. The number of pyridine rings is 1. The van der Waals surface area contributed by atoms with Gasteiger partial charge >= 0.3 is 5.97 Å². The van der Waals surface area contributed by atoms with Crippen LogP contribution in [0.5, 0.6) is 0 Å². The number of rotatable bonds is 7. The molecule has 150 valence electrons. The van der Waals surface area contributed by atoms with Crippen LogP contribution in [-0.2, 0) is 4.74 Å². The number of carbonyl (C=O) groups excluding carboxylic acids is 3. The van der Waals surface area contributed by atoms with Gasteiger partial charge in [-0.1, -0.05) is 25.1 Å². The van der Waals surface area contributed by atoms with E-state index < -0.39 is 11.9 Å². The molecule has 0 atom stereocenters. The van der Waals surface area contributed by atoms with Crippen LogP contribution in [0.4, 0.5) is 5.69 Å². The number of para-hydroxylation sites is 1. The van der Waals surface area contributed by atoms with Gasteiger partial charge in [-0.05, 0) is 37.6 Å². The van der Waals surface area contributed by atoms with Crippen molar-refractivity contribution >= 4 is 29.0 Å². The van der Waals surface area contributed by atoms with Crippen LogP contribution in [0.25, 0.3) is 5.52 Å². The van der Waals surface area contributed by atoms with Gasteiger partial charge in [0.05, 0.1) is 23.4 Å². The number of amides is 2. The topological polar surface area (TPSA) is 102 Å². The molecule has 0 aliphatic heterocycles. The molecular formula is C21H22N4O4. The zero-order valence-corrected chi connectivity index (χ0v) is 16.3. The van der Waals surface area contributed by atoms with Crippen molar-refractivity contribution < 1.29 is 19.1 Å². The number of esters is 1. The molecule has 0 radical (unpaired) electrons.